The summed E-state index contributed by atoms with van der Waals surface area (Å²) in [6.45, 7) is 4.29. The average molecular weight is 302 g/mol. The van der Waals surface area contributed by atoms with Crippen LogP contribution in [0.3, 0.4) is 0 Å². The van der Waals surface area contributed by atoms with Crippen molar-refractivity contribution in [2.24, 2.45) is 0 Å². The third-order valence-corrected chi connectivity index (χ3v) is 4.50. The Morgan fingerprint density at radius 1 is 1.37 bits per heavy atom. The monoisotopic (exact) mass is 301 g/mol. The molecule has 2 rings (SSSR count). The van der Waals surface area contributed by atoms with Crippen molar-refractivity contribution in [3.8, 4) is 0 Å². The number of carbonyl (C=O) groups is 1. The third-order valence-electron chi connectivity index (χ3n) is 3.17. The third kappa shape index (κ3) is 3.28. The van der Waals surface area contributed by atoms with Crippen LogP contribution < -0.4 is 0 Å². The molecule has 0 radical (unpaired) electrons. The summed E-state index contributed by atoms with van der Waals surface area (Å²) in [6.07, 6.45) is 2.04. The smallest absolute Gasteiger partial charge is 0.261 e. The summed E-state index contributed by atoms with van der Waals surface area (Å²) in [4.78, 5) is 14.1. The van der Waals surface area contributed by atoms with E-state index < -0.39 is 9.05 Å². The van der Waals surface area contributed by atoms with Crippen LogP contribution in [0.1, 0.15) is 35.7 Å². The number of halogens is 1. The van der Waals surface area contributed by atoms with E-state index in [1.54, 1.807) is 17.9 Å². The molecule has 0 aromatic heterocycles. The normalized spacial score (nSPS) is 15.3. The predicted octanol–water partition coefficient (Wildman–Crippen LogP) is 2.55. The van der Waals surface area contributed by atoms with Crippen molar-refractivity contribution in [3.63, 3.8) is 0 Å². The van der Waals surface area contributed by atoms with Gasteiger partial charge in [-0.3, -0.25) is 4.79 Å². The zero-order valence-corrected chi connectivity index (χ0v) is 12.5. The molecule has 1 aromatic carbocycles. The van der Waals surface area contributed by atoms with Crippen LogP contribution in [0.5, 0.6) is 0 Å². The summed E-state index contributed by atoms with van der Waals surface area (Å²) in [5.41, 5.74) is 1.09. The fourth-order valence-electron chi connectivity index (χ4n) is 2.13. The molecule has 0 saturated heterocycles. The van der Waals surface area contributed by atoms with Gasteiger partial charge in [0.1, 0.15) is 0 Å². The molecule has 1 amide bonds. The Morgan fingerprint density at radius 2 is 2.00 bits per heavy atom. The second kappa shape index (κ2) is 5.13. The second-order valence-electron chi connectivity index (χ2n) is 4.79. The highest BCUT2D eigenvalue weighted by Gasteiger charge is 2.32. The predicted molar refractivity (Wildman–Crippen MR) is 74.0 cm³/mol. The number of nitrogens with zero attached hydrogens (tertiary/aromatic N) is 1. The van der Waals surface area contributed by atoms with Crippen molar-refractivity contribution in [1.82, 2.24) is 4.90 Å². The van der Waals surface area contributed by atoms with Crippen LogP contribution in [-0.4, -0.2) is 31.8 Å². The number of hydrogen-bond acceptors (Lipinski definition) is 3. The topological polar surface area (TPSA) is 54.5 Å². The van der Waals surface area contributed by atoms with Crippen molar-refractivity contribution in [2.45, 2.75) is 37.6 Å². The first-order valence-electron chi connectivity index (χ1n) is 6.20. The van der Waals surface area contributed by atoms with E-state index in [1.807, 2.05) is 6.92 Å². The lowest BCUT2D eigenvalue weighted by Gasteiger charge is -2.20. The molecule has 0 spiro atoms. The van der Waals surface area contributed by atoms with Gasteiger partial charge in [0.15, 0.2) is 0 Å². The van der Waals surface area contributed by atoms with E-state index >= 15 is 0 Å². The Bertz CT molecular complexity index is 608. The quantitative estimate of drug-likeness (QED) is 0.803. The van der Waals surface area contributed by atoms with Crippen LogP contribution in [0, 0.1) is 6.92 Å². The molecular formula is C13H16ClNO3S. The summed E-state index contributed by atoms with van der Waals surface area (Å²) in [6, 6.07) is 4.81. The van der Waals surface area contributed by atoms with Crippen LogP contribution in [0.25, 0.3) is 0 Å². The number of hydrogen-bond donors (Lipinski definition) is 0. The minimum absolute atomic E-state index is 0.0237. The summed E-state index contributed by atoms with van der Waals surface area (Å²) in [7, 11) is 1.53. The van der Waals surface area contributed by atoms with Gasteiger partial charge in [-0.25, -0.2) is 8.42 Å². The molecule has 1 fully saturated rings. The first-order chi connectivity index (χ1) is 8.82. The molecular weight excluding hydrogens is 286 g/mol. The minimum Gasteiger partial charge on any atom is -0.336 e. The number of amides is 1. The molecule has 1 aliphatic rings. The van der Waals surface area contributed by atoms with Crippen molar-refractivity contribution < 1.29 is 13.2 Å². The molecule has 6 heteroatoms. The highest BCUT2D eigenvalue weighted by Crippen LogP contribution is 2.29. The van der Waals surface area contributed by atoms with Crippen molar-refractivity contribution in [1.29, 1.82) is 0 Å². The molecule has 0 aliphatic heterocycles. The number of carbonyl (C=O) groups excluding carboxylic acids is 1. The second-order valence-corrected chi connectivity index (χ2v) is 7.36. The first-order valence-corrected chi connectivity index (χ1v) is 8.51. The maximum absolute atomic E-state index is 12.4. The zero-order chi connectivity index (χ0) is 14.2. The van der Waals surface area contributed by atoms with Crippen LogP contribution >= 0.6 is 10.7 Å². The molecule has 104 valence electrons. The highest BCUT2D eigenvalue weighted by molar-refractivity contribution is 8.13. The van der Waals surface area contributed by atoms with E-state index in [2.05, 4.69) is 0 Å². The molecule has 0 bridgehead atoms. The van der Waals surface area contributed by atoms with Gasteiger partial charge in [0.05, 0.1) is 4.90 Å². The Hall–Kier alpha value is -1.07. The van der Waals surface area contributed by atoms with E-state index in [9.17, 15) is 13.2 Å². The molecule has 19 heavy (non-hydrogen) atoms. The molecule has 1 aromatic rings. The zero-order valence-electron chi connectivity index (χ0n) is 10.9. The molecule has 0 atom stereocenters. The van der Waals surface area contributed by atoms with Gasteiger partial charge in [-0.15, -0.1) is 0 Å². The maximum atomic E-state index is 12.4. The summed E-state index contributed by atoms with van der Waals surface area (Å²) in [5, 5.41) is 0. The SMILES string of the molecule is CCN(C(=O)c1cc(C)cc(S(=O)(=O)Cl)c1)C1CC1. The van der Waals surface area contributed by atoms with Crippen LogP contribution in [0.2, 0.25) is 0 Å². The summed E-state index contributed by atoms with van der Waals surface area (Å²) < 4.78 is 22.8. The van der Waals surface area contributed by atoms with Gasteiger partial charge < -0.3 is 4.90 Å². The van der Waals surface area contributed by atoms with Gasteiger partial charge >= 0.3 is 0 Å². The number of benzene rings is 1. The molecule has 0 unspecified atom stereocenters. The number of rotatable bonds is 4. The van der Waals surface area contributed by atoms with E-state index in [0.717, 1.165) is 12.8 Å². The van der Waals surface area contributed by atoms with Gasteiger partial charge in [0.2, 0.25) is 0 Å². The molecule has 1 aliphatic carbocycles. The Balaban J connectivity index is 2.39. The fraction of sp³-hybridized carbons (Fsp3) is 0.462. The van der Waals surface area contributed by atoms with Crippen LogP contribution in [-0.2, 0) is 9.05 Å². The lowest BCUT2D eigenvalue weighted by molar-refractivity contribution is 0.0752. The Morgan fingerprint density at radius 3 is 2.47 bits per heavy atom. The molecule has 0 N–H and O–H groups in total. The largest absolute Gasteiger partial charge is 0.336 e. The van der Waals surface area contributed by atoms with Gasteiger partial charge in [0.25, 0.3) is 15.0 Å². The van der Waals surface area contributed by atoms with Crippen molar-refractivity contribution in [3.05, 3.63) is 29.3 Å². The molecule has 1 saturated carbocycles. The van der Waals surface area contributed by atoms with E-state index in [0.29, 0.717) is 23.7 Å². The van der Waals surface area contributed by atoms with Gasteiger partial charge in [-0.05, 0) is 50.5 Å². The van der Waals surface area contributed by atoms with Gasteiger partial charge in [0, 0.05) is 28.8 Å². The van der Waals surface area contributed by atoms with Crippen LogP contribution in [0.15, 0.2) is 23.1 Å². The van der Waals surface area contributed by atoms with E-state index in [-0.39, 0.29) is 10.8 Å². The Kier molecular flexibility index (Phi) is 3.87. The Labute approximate surface area is 117 Å². The van der Waals surface area contributed by atoms with Crippen LogP contribution in [0.4, 0.5) is 0 Å². The van der Waals surface area contributed by atoms with Crippen molar-refractivity contribution >= 4 is 25.6 Å². The molecule has 4 nitrogen and oxygen atoms in total. The fourth-order valence-corrected chi connectivity index (χ4v) is 2.99. The van der Waals surface area contributed by atoms with E-state index in [1.165, 1.54) is 12.1 Å². The number of aryl methyl sites for hydroxylation is 1. The lowest BCUT2D eigenvalue weighted by Crippen LogP contribution is -2.32. The van der Waals surface area contributed by atoms with Gasteiger partial charge in [-0.1, -0.05) is 0 Å². The summed E-state index contributed by atoms with van der Waals surface area (Å²) >= 11 is 0. The van der Waals surface area contributed by atoms with Crippen molar-refractivity contribution in [2.75, 3.05) is 6.54 Å². The highest BCUT2D eigenvalue weighted by atomic mass is 35.7. The molecule has 0 heterocycles. The average Bonchev–Trinajstić information content (AvgIpc) is 3.12. The minimum atomic E-state index is -3.82. The lowest BCUT2D eigenvalue weighted by atomic mass is 10.1. The maximum Gasteiger partial charge on any atom is 0.261 e. The summed E-state index contributed by atoms with van der Waals surface area (Å²) in [5.74, 6) is -0.129. The van der Waals surface area contributed by atoms with E-state index in [4.69, 9.17) is 10.7 Å². The van der Waals surface area contributed by atoms with Gasteiger partial charge in [-0.2, -0.15) is 0 Å². The first kappa shape index (κ1) is 14.3. The standard InChI is InChI=1S/C13H16ClNO3S/c1-3-15(11-4-5-11)13(16)10-6-9(2)7-12(8-10)19(14,17)18/h6-8,11H,3-5H2,1-2H3.